The summed E-state index contributed by atoms with van der Waals surface area (Å²) >= 11 is 1.47. The number of benzene rings is 1. The van der Waals surface area contributed by atoms with Crippen LogP contribution in [0.3, 0.4) is 0 Å². The van der Waals surface area contributed by atoms with Gasteiger partial charge in [-0.1, -0.05) is 37.3 Å². The normalized spacial score (nSPS) is 15.7. The summed E-state index contributed by atoms with van der Waals surface area (Å²) in [6, 6.07) is 10.3. The molecule has 0 aliphatic carbocycles. The van der Waals surface area contributed by atoms with Crippen molar-refractivity contribution in [3.63, 3.8) is 0 Å². The van der Waals surface area contributed by atoms with E-state index in [1.165, 1.54) is 11.3 Å². The van der Waals surface area contributed by atoms with Crippen LogP contribution in [0.15, 0.2) is 41.9 Å². The second kappa shape index (κ2) is 8.02. The lowest BCUT2D eigenvalue weighted by Crippen LogP contribution is -2.44. The Morgan fingerprint density at radius 2 is 2.07 bits per heavy atom. The fraction of sp³-hybridized carbons (Fsp3) is 0.350. The number of nitrogens with zero attached hydrogens (tertiary/aromatic N) is 3. The Morgan fingerprint density at radius 1 is 1.30 bits per heavy atom. The minimum Gasteiger partial charge on any atom is -0.348 e. The molecule has 0 radical (unpaired) electrons. The molecule has 1 aliphatic rings. The number of carbonyl (C=O) groups is 1. The number of H-pyrrole nitrogens is 1. The smallest absolute Gasteiger partial charge is 0.270 e. The summed E-state index contributed by atoms with van der Waals surface area (Å²) in [5.74, 6) is -0.0859. The average Bonchev–Trinajstić information content (AvgIpc) is 3.38. The molecule has 4 rings (SSSR count). The number of likely N-dealkylation sites (tertiary alicyclic amines) is 1. The number of aromatic amines is 1. The van der Waals surface area contributed by atoms with Crippen LogP contribution in [0.5, 0.6) is 0 Å². The number of hydrogen-bond donors (Lipinski definition) is 2. The monoisotopic (exact) mass is 381 g/mol. The highest BCUT2D eigenvalue weighted by molar-refractivity contribution is 7.13. The quantitative estimate of drug-likeness (QED) is 0.710. The van der Waals surface area contributed by atoms with E-state index in [1.54, 1.807) is 6.20 Å². The lowest BCUT2D eigenvalue weighted by atomic mass is 10.1. The minimum absolute atomic E-state index is 0.0859. The van der Waals surface area contributed by atoms with E-state index in [0.29, 0.717) is 5.69 Å². The van der Waals surface area contributed by atoms with Crippen molar-refractivity contribution >= 4 is 17.2 Å². The van der Waals surface area contributed by atoms with Gasteiger partial charge in [0.1, 0.15) is 10.7 Å². The Labute approximate surface area is 162 Å². The zero-order valence-electron chi connectivity index (χ0n) is 15.3. The van der Waals surface area contributed by atoms with Crippen molar-refractivity contribution in [1.82, 2.24) is 25.4 Å². The molecule has 1 amide bonds. The van der Waals surface area contributed by atoms with E-state index in [1.807, 2.05) is 35.7 Å². The van der Waals surface area contributed by atoms with Crippen LogP contribution in [0.1, 0.15) is 30.3 Å². The van der Waals surface area contributed by atoms with Crippen LogP contribution in [-0.4, -0.2) is 51.7 Å². The molecule has 27 heavy (non-hydrogen) atoms. The topological polar surface area (TPSA) is 73.9 Å². The van der Waals surface area contributed by atoms with Gasteiger partial charge >= 0.3 is 0 Å². The van der Waals surface area contributed by atoms with Gasteiger partial charge in [-0.3, -0.25) is 9.89 Å². The molecule has 0 bridgehead atoms. The molecule has 6 nitrogen and oxygen atoms in total. The molecule has 3 heterocycles. The molecule has 1 aromatic carbocycles. The molecule has 1 aliphatic heterocycles. The van der Waals surface area contributed by atoms with Gasteiger partial charge in [0.25, 0.3) is 5.91 Å². The van der Waals surface area contributed by atoms with Crippen molar-refractivity contribution in [2.45, 2.75) is 25.8 Å². The first-order valence-electron chi connectivity index (χ1n) is 9.32. The summed E-state index contributed by atoms with van der Waals surface area (Å²) in [5, 5.41) is 13.0. The van der Waals surface area contributed by atoms with Crippen molar-refractivity contribution in [3.05, 3.63) is 47.6 Å². The van der Waals surface area contributed by atoms with E-state index in [0.717, 1.165) is 54.3 Å². The van der Waals surface area contributed by atoms with Gasteiger partial charge in [0.2, 0.25) is 0 Å². The first-order valence-corrected chi connectivity index (χ1v) is 10.2. The third-order valence-corrected chi connectivity index (χ3v) is 5.91. The second-order valence-electron chi connectivity index (χ2n) is 6.74. The van der Waals surface area contributed by atoms with Crippen LogP contribution < -0.4 is 5.32 Å². The SMILES string of the molecule is CCN1CCC(NC(=O)c2csc(-c3cn[nH]c3-c3ccccc3)n2)CC1. The lowest BCUT2D eigenvalue weighted by molar-refractivity contribution is 0.0908. The maximum absolute atomic E-state index is 12.6. The molecule has 2 N–H and O–H groups in total. The highest BCUT2D eigenvalue weighted by Crippen LogP contribution is 2.32. The molecule has 7 heteroatoms. The van der Waals surface area contributed by atoms with Crippen LogP contribution in [0.25, 0.3) is 21.8 Å². The van der Waals surface area contributed by atoms with Gasteiger partial charge in [0.15, 0.2) is 0 Å². The summed E-state index contributed by atoms with van der Waals surface area (Å²) in [5.41, 5.74) is 3.37. The number of nitrogens with one attached hydrogen (secondary N) is 2. The van der Waals surface area contributed by atoms with E-state index >= 15 is 0 Å². The molecule has 2 aromatic heterocycles. The Balaban J connectivity index is 1.47. The van der Waals surface area contributed by atoms with Crippen molar-refractivity contribution in [2.75, 3.05) is 19.6 Å². The van der Waals surface area contributed by atoms with E-state index in [-0.39, 0.29) is 11.9 Å². The molecular formula is C20H23N5OS. The first kappa shape index (κ1) is 17.9. The van der Waals surface area contributed by atoms with Gasteiger partial charge in [-0.25, -0.2) is 4.98 Å². The molecule has 0 spiro atoms. The van der Waals surface area contributed by atoms with Crippen molar-refractivity contribution in [1.29, 1.82) is 0 Å². The largest absolute Gasteiger partial charge is 0.348 e. The number of amides is 1. The Bertz CT molecular complexity index is 896. The number of aromatic nitrogens is 3. The number of thiazole rings is 1. The summed E-state index contributed by atoms with van der Waals surface area (Å²) in [4.78, 5) is 19.6. The Hall–Kier alpha value is -2.51. The number of piperidine rings is 1. The molecule has 0 unspecified atom stereocenters. The van der Waals surface area contributed by atoms with Gasteiger partial charge < -0.3 is 10.2 Å². The Kier molecular flexibility index (Phi) is 5.31. The number of rotatable bonds is 5. The number of carbonyl (C=O) groups excluding carboxylic acids is 1. The van der Waals surface area contributed by atoms with Crippen LogP contribution in [0.2, 0.25) is 0 Å². The fourth-order valence-corrected chi connectivity index (χ4v) is 4.24. The summed E-state index contributed by atoms with van der Waals surface area (Å²) in [6.07, 6.45) is 3.76. The van der Waals surface area contributed by atoms with Gasteiger partial charge in [-0.05, 0) is 19.4 Å². The molecular weight excluding hydrogens is 358 g/mol. The average molecular weight is 382 g/mol. The maximum atomic E-state index is 12.6. The molecule has 140 valence electrons. The first-order chi connectivity index (χ1) is 13.2. The summed E-state index contributed by atoms with van der Waals surface area (Å²) < 4.78 is 0. The van der Waals surface area contributed by atoms with Gasteiger partial charge in [0.05, 0.1) is 17.5 Å². The third kappa shape index (κ3) is 3.94. The molecule has 3 aromatic rings. The molecule has 0 saturated carbocycles. The van der Waals surface area contributed by atoms with Crippen LogP contribution in [-0.2, 0) is 0 Å². The Morgan fingerprint density at radius 3 is 2.81 bits per heavy atom. The van der Waals surface area contributed by atoms with E-state index in [9.17, 15) is 4.79 Å². The molecule has 1 saturated heterocycles. The van der Waals surface area contributed by atoms with E-state index in [2.05, 4.69) is 32.3 Å². The van der Waals surface area contributed by atoms with Crippen molar-refractivity contribution in [2.24, 2.45) is 0 Å². The van der Waals surface area contributed by atoms with E-state index in [4.69, 9.17) is 0 Å². The lowest BCUT2D eigenvalue weighted by Gasteiger charge is -2.31. The highest BCUT2D eigenvalue weighted by Gasteiger charge is 2.22. The van der Waals surface area contributed by atoms with Crippen molar-refractivity contribution < 1.29 is 4.79 Å². The summed E-state index contributed by atoms with van der Waals surface area (Å²) in [6.45, 7) is 5.33. The van der Waals surface area contributed by atoms with Crippen LogP contribution in [0.4, 0.5) is 0 Å². The molecule has 1 fully saturated rings. The van der Waals surface area contributed by atoms with Gasteiger partial charge in [0, 0.05) is 30.1 Å². The van der Waals surface area contributed by atoms with Gasteiger partial charge in [-0.15, -0.1) is 11.3 Å². The highest BCUT2D eigenvalue weighted by atomic mass is 32.1. The second-order valence-corrected chi connectivity index (χ2v) is 7.60. The summed E-state index contributed by atoms with van der Waals surface area (Å²) in [7, 11) is 0. The maximum Gasteiger partial charge on any atom is 0.270 e. The predicted molar refractivity (Wildman–Crippen MR) is 108 cm³/mol. The van der Waals surface area contributed by atoms with Gasteiger partial charge in [-0.2, -0.15) is 5.10 Å². The zero-order chi connectivity index (χ0) is 18.6. The number of hydrogen-bond acceptors (Lipinski definition) is 5. The zero-order valence-corrected chi connectivity index (χ0v) is 16.1. The van der Waals surface area contributed by atoms with Crippen LogP contribution in [0, 0.1) is 0 Å². The van der Waals surface area contributed by atoms with Crippen LogP contribution >= 0.6 is 11.3 Å². The third-order valence-electron chi connectivity index (χ3n) is 5.04. The predicted octanol–water partition coefficient (Wildman–Crippen LogP) is 3.41. The van der Waals surface area contributed by atoms with Crippen molar-refractivity contribution in [3.8, 4) is 21.8 Å². The minimum atomic E-state index is -0.0859. The molecule has 0 atom stereocenters. The van der Waals surface area contributed by atoms with E-state index < -0.39 is 0 Å². The fourth-order valence-electron chi connectivity index (χ4n) is 3.43. The standard InChI is InChI=1S/C20H23N5OS/c1-2-25-10-8-15(9-11-25)22-19(26)17-13-27-20(23-17)16-12-21-24-18(16)14-6-4-3-5-7-14/h3-7,12-13,15H,2,8-11H2,1H3,(H,21,24)(H,22,26).